The highest BCUT2D eigenvalue weighted by Gasteiger charge is 2.20. The Morgan fingerprint density at radius 2 is 1.81 bits per heavy atom. The summed E-state index contributed by atoms with van der Waals surface area (Å²) in [6.45, 7) is 11.2. The first-order valence-corrected chi connectivity index (χ1v) is 10.6. The second-order valence-electron chi connectivity index (χ2n) is 7.39. The van der Waals surface area contributed by atoms with Gasteiger partial charge >= 0.3 is 0 Å². The van der Waals surface area contributed by atoms with Gasteiger partial charge < -0.3 is 9.80 Å². The second kappa shape index (κ2) is 10.6. The molecule has 0 bridgehead atoms. The Bertz CT molecular complexity index is 1030. The normalized spacial score (nSPS) is 15.6. The molecule has 31 heavy (non-hydrogen) atoms. The number of carbonyl (C=O) groups is 1. The molecule has 2 aromatic carbocycles. The number of aliphatic imine (C=N–C) groups is 1. The number of carbonyl (C=O) groups excluding carboxylic acids is 1. The Labute approximate surface area is 183 Å². The number of hydrogen-bond donors (Lipinski definition) is 2. The molecule has 2 N–H and O–H groups in total. The molecule has 1 fully saturated rings. The van der Waals surface area contributed by atoms with Crippen LogP contribution >= 0.6 is 0 Å². The number of hydrogen-bond acceptors (Lipinski definition) is 5. The van der Waals surface area contributed by atoms with Crippen LogP contribution in [0, 0.1) is 0 Å². The van der Waals surface area contributed by atoms with E-state index >= 15 is 0 Å². The Kier molecular flexibility index (Phi) is 7.62. The highest BCUT2D eigenvalue weighted by atomic mass is 16.5. The molecular weight excluding hydrogens is 388 g/mol. The zero-order chi connectivity index (χ0) is 22.2. The lowest BCUT2D eigenvalue weighted by Crippen LogP contribution is -2.44. The van der Waals surface area contributed by atoms with Gasteiger partial charge in [0, 0.05) is 38.1 Å². The molecule has 1 aliphatic rings. The minimum absolute atomic E-state index is 0.284. The van der Waals surface area contributed by atoms with Gasteiger partial charge in [0.15, 0.2) is 0 Å². The van der Waals surface area contributed by atoms with E-state index in [0.29, 0.717) is 5.82 Å². The zero-order valence-electron chi connectivity index (χ0n) is 18.2. The monoisotopic (exact) mass is 418 g/mol. The van der Waals surface area contributed by atoms with Crippen LogP contribution in [0.3, 0.4) is 0 Å². The van der Waals surface area contributed by atoms with Crippen molar-refractivity contribution in [1.82, 2.24) is 15.3 Å². The number of nitrogens with one attached hydrogen (secondary N) is 1. The molecule has 0 atom stereocenters. The molecule has 0 aromatic heterocycles. The van der Waals surface area contributed by atoms with Gasteiger partial charge in [0.25, 0.3) is 5.91 Å². The third-order valence-electron chi connectivity index (χ3n) is 5.46. The number of rotatable bonds is 7. The van der Waals surface area contributed by atoms with Crippen LogP contribution in [0.2, 0.25) is 0 Å². The summed E-state index contributed by atoms with van der Waals surface area (Å²) in [6.07, 6.45) is 6.28. The maximum atomic E-state index is 11.6. The van der Waals surface area contributed by atoms with Crippen molar-refractivity contribution in [3.05, 3.63) is 78.2 Å². The summed E-state index contributed by atoms with van der Waals surface area (Å²) >= 11 is 0. The van der Waals surface area contributed by atoms with E-state index in [-0.39, 0.29) is 5.57 Å². The minimum Gasteiger partial charge on any atom is -0.368 e. The fraction of sp³-hybridized carbons (Fsp3) is 0.280. The number of amides is 1. The number of nitrogens with zero attached hydrogens (tertiary/aromatic N) is 3. The van der Waals surface area contributed by atoms with E-state index in [1.54, 1.807) is 18.5 Å². The summed E-state index contributed by atoms with van der Waals surface area (Å²) in [5.74, 6) is 0.0186. The molecule has 2 aromatic rings. The van der Waals surface area contributed by atoms with E-state index in [1.807, 2.05) is 0 Å². The van der Waals surface area contributed by atoms with Gasteiger partial charge in [0.1, 0.15) is 5.82 Å². The molecule has 0 radical (unpaired) electrons. The molecule has 6 heteroatoms. The van der Waals surface area contributed by atoms with Crippen LogP contribution in [-0.2, 0) is 4.79 Å². The Balaban J connectivity index is 1.68. The summed E-state index contributed by atoms with van der Waals surface area (Å²) in [5.41, 5.74) is 4.40. The fourth-order valence-corrected chi connectivity index (χ4v) is 3.73. The molecule has 1 aliphatic heterocycles. The van der Waals surface area contributed by atoms with Crippen molar-refractivity contribution in [2.45, 2.75) is 20.3 Å². The Hall–Kier alpha value is -3.38. The van der Waals surface area contributed by atoms with Crippen molar-refractivity contribution >= 4 is 28.6 Å². The molecule has 0 unspecified atom stereocenters. The first-order valence-electron chi connectivity index (χ1n) is 10.6. The van der Waals surface area contributed by atoms with E-state index in [9.17, 15) is 4.79 Å². The molecule has 0 spiro atoms. The van der Waals surface area contributed by atoms with Gasteiger partial charge in [0.2, 0.25) is 0 Å². The van der Waals surface area contributed by atoms with Gasteiger partial charge in [-0.3, -0.25) is 10.0 Å². The molecule has 1 heterocycles. The summed E-state index contributed by atoms with van der Waals surface area (Å²) in [7, 11) is 0. The minimum atomic E-state index is -0.589. The average Bonchev–Trinajstić information content (AvgIpc) is 2.82. The largest absolute Gasteiger partial charge is 0.368 e. The van der Waals surface area contributed by atoms with Crippen LogP contribution < -0.4 is 5.48 Å². The molecule has 1 amide bonds. The topological polar surface area (TPSA) is 68.2 Å². The fourth-order valence-electron chi connectivity index (χ4n) is 3.73. The molecule has 3 rings (SSSR count). The quantitative estimate of drug-likeness (QED) is 0.306. The lowest BCUT2D eigenvalue weighted by molar-refractivity contribution is -0.124. The summed E-state index contributed by atoms with van der Waals surface area (Å²) < 4.78 is 0. The predicted octanol–water partition coefficient (Wildman–Crippen LogP) is 4.20. The summed E-state index contributed by atoms with van der Waals surface area (Å²) in [6, 6.07) is 15.1. The van der Waals surface area contributed by atoms with Gasteiger partial charge in [0.05, 0.1) is 5.57 Å². The summed E-state index contributed by atoms with van der Waals surface area (Å²) in [5, 5.41) is 11.3. The smallest absolute Gasteiger partial charge is 0.275 e. The second-order valence-corrected chi connectivity index (χ2v) is 7.39. The Morgan fingerprint density at radius 1 is 1.13 bits per heavy atom. The van der Waals surface area contributed by atoms with Crippen LogP contribution in [0.15, 0.2) is 77.6 Å². The SMILES string of the molecule is C=C(/N=C\C(=C/C)C(=O)NO)N1CCN(C(=CCC)c2ccc3ccccc3c2)CC1. The van der Waals surface area contributed by atoms with Gasteiger partial charge in [-0.05, 0) is 35.7 Å². The maximum absolute atomic E-state index is 11.6. The van der Waals surface area contributed by atoms with Gasteiger partial charge in [-0.25, -0.2) is 10.5 Å². The van der Waals surface area contributed by atoms with Crippen LogP contribution in [0.25, 0.3) is 16.5 Å². The first-order chi connectivity index (χ1) is 15.1. The lowest BCUT2D eigenvalue weighted by atomic mass is 10.0. The number of allylic oxidation sites excluding steroid dienone is 2. The van der Waals surface area contributed by atoms with E-state index in [4.69, 9.17) is 5.21 Å². The Morgan fingerprint density at radius 3 is 2.45 bits per heavy atom. The van der Waals surface area contributed by atoms with E-state index in [0.717, 1.165) is 32.6 Å². The number of benzene rings is 2. The third kappa shape index (κ3) is 5.41. The average molecular weight is 419 g/mol. The van der Waals surface area contributed by atoms with E-state index in [2.05, 4.69) is 76.8 Å². The highest BCUT2D eigenvalue weighted by molar-refractivity contribution is 6.11. The molecule has 6 nitrogen and oxygen atoms in total. The lowest BCUT2D eigenvalue weighted by Gasteiger charge is -2.38. The van der Waals surface area contributed by atoms with E-state index < -0.39 is 5.91 Å². The van der Waals surface area contributed by atoms with Crippen molar-refractivity contribution in [2.24, 2.45) is 4.99 Å². The molecule has 1 saturated heterocycles. The number of fused-ring (bicyclic) bond motifs is 1. The van der Waals surface area contributed by atoms with Crippen LogP contribution in [0.4, 0.5) is 0 Å². The highest BCUT2D eigenvalue weighted by Crippen LogP contribution is 2.26. The van der Waals surface area contributed by atoms with Crippen molar-refractivity contribution in [1.29, 1.82) is 0 Å². The van der Waals surface area contributed by atoms with Crippen LogP contribution in [0.5, 0.6) is 0 Å². The molecular formula is C25H30N4O2. The number of hydroxylamine groups is 1. The standard InChI is InChI=1S/C25H30N4O2/c1-4-8-24(23-12-11-21-9-6-7-10-22(21)17-23)29-15-13-28(14-16-29)19(3)26-18-20(5-2)25(30)27-31/h5-12,17-18,31H,3-4,13-16H2,1-2H3,(H,27,30)/b20-5+,24-8?,26-18-. The zero-order valence-corrected chi connectivity index (χ0v) is 18.2. The number of piperazine rings is 1. The third-order valence-corrected chi connectivity index (χ3v) is 5.46. The van der Waals surface area contributed by atoms with Gasteiger partial charge in [-0.15, -0.1) is 0 Å². The van der Waals surface area contributed by atoms with Crippen molar-refractivity contribution in [3.8, 4) is 0 Å². The van der Waals surface area contributed by atoms with E-state index in [1.165, 1.54) is 28.2 Å². The van der Waals surface area contributed by atoms with Crippen molar-refractivity contribution in [2.75, 3.05) is 26.2 Å². The summed E-state index contributed by atoms with van der Waals surface area (Å²) in [4.78, 5) is 20.4. The van der Waals surface area contributed by atoms with Crippen molar-refractivity contribution < 1.29 is 10.0 Å². The first kappa shape index (κ1) is 22.3. The van der Waals surface area contributed by atoms with Crippen LogP contribution in [-0.4, -0.2) is 53.3 Å². The molecule has 0 aliphatic carbocycles. The molecule has 0 saturated carbocycles. The van der Waals surface area contributed by atoms with Gasteiger partial charge in [-0.1, -0.05) is 62.1 Å². The molecule has 162 valence electrons. The van der Waals surface area contributed by atoms with Gasteiger partial charge in [-0.2, -0.15) is 0 Å². The maximum Gasteiger partial charge on any atom is 0.275 e. The van der Waals surface area contributed by atoms with Crippen molar-refractivity contribution in [3.63, 3.8) is 0 Å². The predicted molar refractivity (Wildman–Crippen MR) is 127 cm³/mol. The van der Waals surface area contributed by atoms with Crippen LogP contribution in [0.1, 0.15) is 25.8 Å².